The summed E-state index contributed by atoms with van der Waals surface area (Å²) in [5.41, 5.74) is 2.62. The third kappa shape index (κ3) is 8.21. The van der Waals surface area contributed by atoms with Crippen LogP contribution >= 0.6 is 11.6 Å². The summed E-state index contributed by atoms with van der Waals surface area (Å²) in [5, 5.41) is 12.6. The van der Waals surface area contributed by atoms with E-state index >= 15 is 0 Å². The smallest absolute Gasteiger partial charge is 0.407 e. The molecule has 0 atom stereocenters. The number of benzene rings is 1. The van der Waals surface area contributed by atoms with E-state index in [1.807, 2.05) is 12.1 Å². The van der Waals surface area contributed by atoms with Crippen LogP contribution in [-0.4, -0.2) is 41.6 Å². The molecule has 2 fully saturated rings. The second-order valence-corrected chi connectivity index (χ2v) is 8.42. The van der Waals surface area contributed by atoms with Crippen molar-refractivity contribution in [2.75, 3.05) is 19.6 Å². The predicted molar refractivity (Wildman–Crippen MR) is 127 cm³/mol. The van der Waals surface area contributed by atoms with E-state index in [2.05, 4.69) is 11.4 Å². The van der Waals surface area contributed by atoms with Gasteiger partial charge in [-0.15, -0.1) is 0 Å². The lowest BCUT2D eigenvalue weighted by atomic mass is 9.91. The summed E-state index contributed by atoms with van der Waals surface area (Å²) in [4.78, 5) is 25.2. The predicted octanol–water partition coefficient (Wildman–Crippen LogP) is 6.20. The first kappa shape index (κ1) is 27.0. The van der Waals surface area contributed by atoms with E-state index in [0.717, 1.165) is 31.2 Å². The fraction of sp³-hybridized carbons (Fsp3) is 0.480. The maximum Gasteiger partial charge on any atom is 0.407 e. The highest BCUT2D eigenvalue weighted by Gasteiger charge is 2.19. The summed E-state index contributed by atoms with van der Waals surface area (Å²) in [6.45, 7) is 1.66. The molecular weight excluding hydrogens is 412 g/mol. The zero-order valence-electron chi connectivity index (χ0n) is 18.3. The molecule has 1 heterocycles. The van der Waals surface area contributed by atoms with Crippen molar-refractivity contribution in [2.45, 2.75) is 57.8 Å². The normalized spacial score (nSPS) is 17.5. The third-order valence-electron chi connectivity index (χ3n) is 5.84. The molecule has 0 spiro atoms. The zero-order valence-corrected chi connectivity index (χ0v) is 19.1. The first-order chi connectivity index (χ1) is 14.0. The minimum Gasteiger partial charge on any atom is -0.465 e. The number of rotatable bonds is 4. The SMILES string of the molecule is O=C(NC[C]1CCCCCCC1)c1cc(C=C2CCN(C(=O)O)CC2)ccc1Cl.[CH2].[CH2]. The van der Waals surface area contributed by atoms with Crippen LogP contribution in [0.4, 0.5) is 4.79 Å². The van der Waals surface area contributed by atoms with Crippen molar-refractivity contribution in [1.29, 1.82) is 0 Å². The molecule has 5 nitrogen and oxygen atoms in total. The highest BCUT2D eigenvalue weighted by molar-refractivity contribution is 6.33. The standard InChI is InChI=1S/C23H30ClN2O3.2CH2/c24-21-9-8-19(14-17-10-12-26(13-11-17)23(28)29)15-20(21)22(27)25-16-18-6-4-2-1-3-5-7-18;;/h8-9,14-15H,1-7,10-13,16H2,(H,25,27)(H,28,29);2*1H2. The lowest BCUT2D eigenvalue weighted by Gasteiger charge is -2.25. The van der Waals surface area contributed by atoms with E-state index < -0.39 is 6.09 Å². The van der Waals surface area contributed by atoms with Crippen LogP contribution in [0.1, 0.15) is 73.7 Å². The van der Waals surface area contributed by atoms with Gasteiger partial charge in [-0.3, -0.25) is 4.79 Å². The average molecular weight is 446 g/mol. The molecule has 2 N–H and O–H groups in total. The summed E-state index contributed by atoms with van der Waals surface area (Å²) in [6.07, 6.45) is 11.2. The van der Waals surface area contributed by atoms with Gasteiger partial charge in [0.15, 0.2) is 0 Å². The summed E-state index contributed by atoms with van der Waals surface area (Å²) >= 11 is 6.30. The van der Waals surface area contributed by atoms with Crippen LogP contribution in [0.5, 0.6) is 0 Å². The molecule has 169 valence electrons. The van der Waals surface area contributed by atoms with Crippen LogP contribution < -0.4 is 5.32 Å². The van der Waals surface area contributed by atoms with Crippen molar-refractivity contribution in [1.82, 2.24) is 10.2 Å². The van der Waals surface area contributed by atoms with Crippen molar-refractivity contribution in [3.8, 4) is 0 Å². The molecule has 5 radical (unpaired) electrons. The number of hydrogen-bond acceptors (Lipinski definition) is 2. The lowest BCUT2D eigenvalue weighted by molar-refractivity contribution is 0.0954. The number of carbonyl (C=O) groups excluding carboxylic acids is 1. The first-order valence-electron chi connectivity index (χ1n) is 10.6. The topological polar surface area (TPSA) is 69.6 Å². The average Bonchev–Trinajstić information content (AvgIpc) is 2.69. The molecule has 31 heavy (non-hydrogen) atoms. The number of carbonyl (C=O) groups is 2. The van der Waals surface area contributed by atoms with Crippen molar-refractivity contribution in [3.63, 3.8) is 0 Å². The van der Waals surface area contributed by atoms with E-state index in [1.54, 1.807) is 6.07 Å². The summed E-state index contributed by atoms with van der Waals surface area (Å²) < 4.78 is 0. The van der Waals surface area contributed by atoms with Crippen molar-refractivity contribution in [3.05, 3.63) is 60.7 Å². The van der Waals surface area contributed by atoms with Crippen molar-refractivity contribution < 1.29 is 14.7 Å². The number of hydrogen-bond donors (Lipinski definition) is 2. The van der Waals surface area contributed by atoms with E-state index in [4.69, 9.17) is 16.7 Å². The van der Waals surface area contributed by atoms with E-state index in [0.29, 0.717) is 30.2 Å². The van der Waals surface area contributed by atoms with E-state index in [9.17, 15) is 9.59 Å². The van der Waals surface area contributed by atoms with Crippen LogP contribution in [0.25, 0.3) is 6.08 Å². The van der Waals surface area contributed by atoms with Crippen LogP contribution in [0.2, 0.25) is 5.02 Å². The summed E-state index contributed by atoms with van der Waals surface area (Å²) in [7, 11) is 0. The van der Waals surface area contributed by atoms with Crippen LogP contribution in [0.3, 0.4) is 0 Å². The summed E-state index contributed by atoms with van der Waals surface area (Å²) in [6, 6.07) is 5.49. The Morgan fingerprint density at radius 1 is 1.00 bits per heavy atom. The van der Waals surface area contributed by atoms with Gasteiger partial charge in [0.25, 0.3) is 5.91 Å². The molecule has 1 saturated heterocycles. The molecule has 2 aliphatic rings. The Kier molecular flexibility index (Phi) is 11.7. The molecule has 0 bridgehead atoms. The third-order valence-corrected chi connectivity index (χ3v) is 6.17. The van der Waals surface area contributed by atoms with Gasteiger partial charge in [0, 0.05) is 19.6 Å². The van der Waals surface area contributed by atoms with Gasteiger partial charge in [0.05, 0.1) is 10.6 Å². The number of halogens is 1. The zero-order chi connectivity index (χ0) is 20.6. The first-order valence-corrected chi connectivity index (χ1v) is 11.0. The molecule has 1 aliphatic carbocycles. The monoisotopic (exact) mass is 445 g/mol. The van der Waals surface area contributed by atoms with Crippen molar-refractivity contribution >= 4 is 29.7 Å². The molecule has 1 saturated carbocycles. The maximum atomic E-state index is 12.7. The minimum atomic E-state index is -0.864. The van der Waals surface area contributed by atoms with Gasteiger partial charge in [-0.1, -0.05) is 76.3 Å². The van der Waals surface area contributed by atoms with Crippen molar-refractivity contribution in [2.24, 2.45) is 0 Å². The Balaban J connectivity index is 0.00000240. The molecular formula is C25H34ClN2O3. The van der Waals surface area contributed by atoms with Gasteiger partial charge in [-0.25, -0.2) is 4.79 Å². The molecule has 1 aliphatic heterocycles. The Hall–Kier alpha value is -2.01. The van der Waals surface area contributed by atoms with Gasteiger partial charge in [-0.2, -0.15) is 0 Å². The van der Waals surface area contributed by atoms with E-state index in [-0.39, 0.29) is 20.8 Å². The highest BCUT2D eigenvalue weighted by Crippen LogP contribution is 2.25. The molecule has 1 aromatic rings. The fourth-order valence-corrected chi connectivity index (χ4v) is 4.26. The highest BCUT2D eigenvalue weighted by atomic mass is 35.5. The Labute approximate surface area is 192 Å². The van der Waals surface area contributed by atoms with Gasteiger partial charge in [0.2, 0.25) is 0 Å². The molecule has 0 aromatic heterocycles. The number of piperidine rings is 1. The molecule has 6 heteroatoms. The molecule has 0 unspecified atom stereocenters. The second kappa shape index (κ2) is 13.4. The van der Waals surface area contributed by atoms with E-state index in [1.165, 1.54) is 48.5 Å². The van der Waals surface area contributed by atoms with Gasteiger partial charge >= 0.3 is 6.09 Å². The molecule has 2 amide bonds. The number of nitrogens with zero attached hydrogens (tertiary/aromatic N) is 1. The Morgan fingerprint density at radius 3 is 2.23 bits per heavy atom. The number of carboxylic acid groups (broad SMARTS) is 1. The van der Waals surface area contributed by atoms with Gasteiger partial charge in [-0.05, 0) is 49.3 Å². The number of amides is 2. The van der Waals surface area contributed by atoms with Crippen LogP contribution in [-0.2, 0) is 0 Å². The minimum absolute atomic E-state index is 0. The fourth-order valence-electron chi connectivity index (χ4n) is 4.05. The van der Waals surface area contributed by atoms with Gasteiger partial charge < -0.3 is 15.3 Å². The van der Waals surface area contributed by atoms with Gasteiger partial charge in [0.1, 0.15) is 0 Å². The molecule has 3 rings (SSSR count). The quantitative estimate of drug-likeness (QED) is 0.579. The lowest BCUT2D eigenvalue weighted by Crippen LogP contribution is -2.35. The van der Waals surface area contributed by atoms with Crippen LogP contribution in [0.15, 0.2) is 23.8 Å². The molecule has 1 aromatic carbocycles. The largest absolute Gasteiger partial charge is 0.465 e. The second-order valence-electron chi connectivity index (χ2n) is 8.01. The maximum absolute atomic E-state index is 12.7. The van der Waals surface area contributed by atoms with Crippen LogP contribution in [0, 0.1) is 20.8 Å². The number of likely N-dealkylation sites (tertiary alicyclic amines) is 1. The summed E-state index contributed by atoms with van der Waals surface area (Å²) in [5.74, 6) is 1.29. The Bertz CT molecular complexity index is 745. The Morgan fingerprint density at radius 2 is 1.61 bits per heavy atom. The number of nitrogens with one attached hydrogen (secondary N) is 1.